The van der Waals surface area contributed by atoms with Crippen molar-refractivity contribution in [2.45, 2.75) is 73.2 Å². The van der Waals surface area contributed by atoms with Crippen LogP contribution in [0.5, 0.6) is 5.75 Å². The van der Waals surface area contributed by atoms with Crippen LogP contribution in [0, 0.1) is 23.1 Å². The maximum Gasteiger partial charge on any atom is 0.407 e. The molecule has 1 saturated carbocycles. The number of hydrogen-bond acceptors (Lipinski definition) is 9. The van der Waals surface area contributed by atoms with Crippen LogP contribution in [0.15, 0.2) is 59.5 Å². The number of ether oxygens (including phenoxy) is 2. The number of nitriles is 1. The fourth-order valence-corrected chi connectivity index (χ4v) is 9.08. The number of carbonyl (C=O) groups excluding carboxylic acids is 2. The molecule has 0 aromatic heterocycles. The predicted octanol–water partition coefficient (Wildman–Crippen LogP) is 4.54. The molecule has 3 aliphatic rings. The first-order valence-electron chi connectivity index (χ1n) is 17.9. The van der Waals surface area contributed by atoms with Crippen LogP contribution in [0.25, 0.3) is 0 Å². The molecule has 0 unspecified atom stereocenters. The number of rotatable bonds is 14. The normalized spacial score (nSPS) is 22.9. The number of likely N-dealkylation sites (N-methyl/N-ethyl adjacent to an activating group) is 1. The highest BCUT2D eigenvalue weighted by Crippen LogP contribution is 2.38. The maximum atomic E-state index is 15.4. The van der Waals surface area contributed by atoms with Gasteiger partial charge in [-0.25, -0.2) is 17.6 Å². The van der Waals surface area contributed by atoms with Gasteiger partial charge in [0.25, 0.3) is 0 Å². The number of piperidine rings is 1. The number of likely N-dealkylation sites (tertiary alicyclic amines) is 2. The third-order valence-corrected chi connectivity index (χ3v) is 12.4. The highest BCUT2D eigenvalue weighted by atomic mass is 32.2. The second-order valence-corrected chi connectivity index (χ2v) is 16.3. The SMILES string of the molecule is CNC(=O)O[C@H]1CCC[C@@H]1Cc1cccc(F)c1[C@H]1CCN(CCCOc2ccc(S(=O)(=O)C3CN(C(=O)/C=C/CN(C)C)C3)cc2)[C@H](C#N)C1. The summed E-state index contributed by atoms with van der Waals surface area (Å²) >= 11 is 0. The molecule has 2 amide bonds. The van der Waals surface area contributed by atoms with Crippen molar-refractivity contribution >= 4 is 21.8 Å². The lowest BCUT2D eigenvalue weighted by Gasteiger charge is -2.38. The Bertz CT molecular complexity index is 1690. The Morgan fingerprint density at radius 1 is 1.12 bits per heavy atom. The average Bonchev–Trinajstić information content (AvgIpc) is 3.51. The van der Waals surface area contributed by atoms with Crippen molar-refractivity contribution in [3.05, 3.63) is 71.6 Å². The Kier molecular flexibility index (Phi) is 13.1. The van der Waals surface area contributed by atoms with Gasteiger partial charge in [0.05, 0.1) is 23.6 Å². The van der Waals surface area contributed by atoms with E-state index < -0.39 is 21.2 Å². The Hall–Kier alpha value is -3.99. The minimum absolute atomic E-state index is 0.0822. The molecule has 13 heteroatoms. The Balaban J connectivity index is 1.08. The third-order valence-electron chi connectivity index (χ3n) is 10.3. The molecule has 4 atom stereocenters. The van der Waals surface area contributed by atoms with Gasteiger partial charge in [-0.2, -0.15) is 5.26 Å². The first-order chi connectivity index (χ1) is 24.5. The van der Waals surface area contributed by atoms with Crippen LogP contribution in [0.1, 0.15) is 55.6 Å². The molecule has 0 radical (unpaired) electrons. The molecule has 11 nitrogen and oxygen atoms in total. The Morgan fingerprint density at radius 3 is 2.59 bits per heavy atom. The number of nitrogens with zero attached hydrogens (tertiary/aromatic N) is 4. The van der Waals surface area contributed by atoms with Crippen molar-refractivity contribution in [3.63, 3.8) is 0 Å². The van der Waals surface area contributed by atoms with Gasteiger partial charge in [-0.15, -0.1) is 0 Å². The van der Waals surface area contributed by atoms with Crippen molar-refractivity contribution < 1.29 is 31.9 Å². The molecule has 3 fully saturated rings. The largest absolute Gasteiger partial charge is 0.494 e. The number of amides is 2. The van der Waals surface area contributed by atoms with E-state index in [0.717, 1.165) is 31.2 Å². The fraction of sp³-hybridized carbons (Fsp3) is 0.553. The molecule has 2 heterocycles. The van der Waals surface area contributed by atoms with Gasteiger partial charge in [0.15, 0.2) is 9.84 Å². The van der Waals surface area contributed by atoms with E-state index in [2.05, 4.69) is 16.3 Å². The second kappa shape index (κ2) is 17.5. The average molecular weight is 724 g/mol. The zero-order chi connectivity index (χ0) is 36.5. The van der Waals surface area contributed by atoms with Crippen LogP contribution in [-0.4, -0.2) is 113 Å². The quantitative estimate of drug-likeness (QED) is 0.221. The van der Waals surface area contributed by atoms with Crippen molar-refractivity contribution in [2.24, 2.45) is 5.92 Å². The standard InChI is InChI=1S/C38H50FN5O6S/c1-41-38(46)50-35-11-5-8-27(35)22-28-9-4-10-34(39)37(28)29-17-20-43(30(23-29)24-40)19-7-21-49-31-13-15-32(16-14-31)51(47,48)33-25-44(26-33)36(45)12-6-18-42(2)3/h4,6,9-10,12-16,27,29-30,33,35H,5,7-8,11,17-23,25-26H2,1-3H3,(H,41,46)/b12-6+/t27-,29+,30+,35+/m1/s1. The van der Waals surface area contributed by atoms with E-state index in [1.807, 2.05) is 25.1 Å². The van der Waals surface area contributed by atoms with Gasteiger partial charge in [0.2, 0.25) is 5.91 Å². The van der Waals surface area contributed by atoms with Gasteiger partial charge < -0.3 is 24.6 Å². The number of carbonyl (C=O) groups is 2. The van der Waals surface area contributed by atoms with Crippen molar-refractivity contribution in [1.82, 2.24) is 20.0 Å². The number of hydrogen-bond donors (Lipinski definition) is 1. The molecule has 2 aromatic rings. The summed E-state index contributed by atoms with van der Waals surface area (Å²) in [6.07, 6.45) is 7.84. The minimum Gasteiger partial charge on any atom is -0.494 e. The topological polar surface area (TPSA) is 132 Å². The van der Waals surface area contributed by atoms with Crippen molar-refractivity contribution in [1.29, 1.82) is 5.26 Å². The maximum absolute atomic E-state index is 15.4. The van der Waals surface area contributed by atoms with Gasteiger partial charge in [-0.3, -0.25) is 9.69 Å². The molecule has 5 rings (SSSR count). The lowest BCUT2D eigenvalue weighted by atomic mass is 9.80. The van der Waals surface area contributed by atoms with Gasteiger partial charge in [-0.05, 0) is 113 Å². The first-order valence-corrected chi connectivity index (χ1v) is 19.4. The molecule has 2 aromatic carbocycles. The van der Waals surface area contributed by atoms with Crippen molar-refractivity contribution in [2.75, 3.05) is 60.5 Å². The fourth-order valence-electron chi connectivity index (χ4n) is 7.43. The lowest BCUT2D eigenvalue weighted by molar-refractivity contribution is -0.129. The summed E-state index contributed by atoms with van der Waals surface area (Å²) in [5.41, 5.74) is 1.62. The van der Waals surface area contributed by atoms with E-state index in [-0.39, 0.29) is 53.7 Å². The van der Waals surface area contributed by atoms with E-state index in [1.54, 1.807) is 43.5 Å². The number of sulfone groups is 1. The minimum atomic E-state index is -3.58. The summed E-state index contributed by atoms with van der Waals surface area (Å²) in [5.74, 6) is 0.169. The van der Waals surface area contributed by atoms with Crippen LogP contribution in [0.2, 0.25) is 0 Å². The summed E-state index contributed by atoms with van der Waals surface area (Å²) in [6.45, 7) is 2.67. The smallest absolute Gasteiger partial charge is 0.407 e. The molecule has 276 valence electrons. The van der Waals surface area contributed by atoms with Gasteiger partial charge >= 0.3 is 6.09 Å². The lowest BCUT2D eigenvalue weighted by Crippen LogP contribution is -2.56. The molecule has 0 bridgehead atoms. The number of halogens is 1. The summed E-state index contributed by atoms with van der Waals surface area (Å²) in [6, 6.07) is 13.7. The van der Waals surface area contributed by atoms with E-state index >= 15 is 4.39 Å². The molecule has 2 aliphatic heterocycles. The van der Waals surface area contributed by atoms with E-state index in [4.69, 9.17) is 9.47 Å². The van der Waals surface area contributed by atoms with Crippen LogP contribution < -0.4 is 10.1 Å². The molecular weight excluding hydrogens is 674 g/mol. The molecule has 2 saturated heterocycles. The highest BCUT2D eigenvalue weighted by Gasteiger charge is 2.40. The Labute approximate surface area is 301 Å². The monoisotopic (exact) mass is 723 g/mol. The molecule has 1 aliphatic carbocycles. The second-order valence-electron chi connectivity index (χ2n) is 14.1. The predicted molar refractivity (Wildman–Crippen MR) is 192 cm³/mol. The molecule has 1 N–H and O–H groups in total. The zero-order valence-corrected chi connectivity index (χ0v) is 30.6. The third kappa shape index (κ3) is 9.67. The summed E-state index contributed by atoms with van der Waals surface area (Å²) in [5, 5.41) is 12.0. The molecule has 0 spiro atoms. The van der Waals surface area contributed by atoms with Crippen LogP contribution in [0.3, 0.4) is 0 Å². The van der Waals surface area contributed by atoms with E-state index in [9.17, 15) is 23.3 Å². The Morgan fingerprint density at radius 2 is 1.88 bits per heavy atom. The van der Waals surface area contributed by atoms with Crippen LogP contribution >= 0.6 is 0 Å². The molecule has 51 heavy (non-hydrogen) atoms. The van der Waals surface area contributed by atoms with Crippen LogP contribution in [0.4, 0.5) is 9.18 Å². The highest BCUT2D eigenvalue weighted by molar-refractivity contribution is 7.92. The van der Waals surface area contributed by atoms with Gasteiger partial charge in [0.1, 0.15) is 22.9 Å². The van der Waals surface area contributed by atoms with Gasteiger partial charge in [-0.1, -0.05) is 18.2 Å². The number of nitrogens with one attached hydrogen (secondary N) is 1. The molecular formula is C38H50FN5O6S. The summed E-state index contributed by atoms with van der Waals surface area (Å²) < 4.78 is 53.1. The van der Waals surface area contributed by atoms with Gasteiger partial charge in [0, 0.05) is 45.2 Å². The van der Waals surface area contributed by atoms with Crippen molar-refractivity contribution in [3.8, 4) is 11.8 Å². The van der Waals surface area contributed by atoms with E-state index in [1.165, 1.54) is 17.0 Å². The summed E-state index contributed by atoms with van der Waals surface area (Å²) in [7, 11) is 1.78. The number of alkyl carbamates (subject to hydrolysis) is 1. The summed E-state index contributed by atoms with van der Waals surface area (Å²) in [4.78, 5) is 29.9. The van der Waals surface area contributed by atoms with E-state index in [0.29, 0.717) is 56.8 Å². The first kappa shape index (κ1) is 38.2. The van der Waals surface area contributed by atoms with Crippen LogP contribution in [-0.2, 0) is 25.8 Å². The number of benzene rings is 2. The zero-order valence-electron chi connectivity index (χ0n) is 29.8.